The molecule has 0 amide bonds. The summed E-state index contributed by atoms with van der Waals surface area (Å²) >= 11 is 0. The minimum Gasteiger partial charge on any atom is -0.316 e. The van der Waals surface area contributed by atoms with Crippen LogP contribution in [-0.4, -0.2) is 28.7 Å². The number of nitrogens with one attached hydrogen (secondary N) is 1. The minimum atomic E-state index is 0.317. The number of carbonyl (C=O) groups is 1. The Morgan fingerprint density at radius 3 is 3.06 bits per heavy atom. The van der Waals surface area contributed by atoms with Gasteiger partial charge in [0.15, 0.2) is 0 Å². The van der Waals surface area contributed by atoms with Crippen molar-refractivity contribution in [3.63, 3.8) is 0 Å². The third kappa shape index (κ3) is 3.67. The van der Waals surface area contributed by atoms with Crippen LogP contribution >= 0.6 is 0 Å². The molecule has 2 heterocycles. The number of Topliss-reactive ketones (excluding diaryl/α,β-unsaturated/α-hetero) is 1. The molecule has 1 aromatic heterocycles. The topological polar surface area (TPSA) is 46.9 Å². The fourth-order valence-electron chi connectivity index (χ4n) is 2.45. The molecule has 1 saturated heterocycles. The van der Waals surface area contributed by atoms with E-state index < -0.39 is 0 Å². The Labute approximate surface area is 109 Å². The number of piperidine rings is 1. The van der Waals surface area contributed by atoms with E-state index in [0.29, 0.717) is 30.6 Å². The van der Waals surface area contributed by atoms with Gasteiger partial charge < -0.3 is 5.32 Å². The number of hydrogen-bond donors (Lipinski definition) is 1. The lowest BCUT2D eigenvalue weighted by molar-refractivity contribution is -0.119. The van der Waals surface area contributed by atoms with Crippen LogP contribution < -0.4 is 5.32 Å². The molecule has 0 aromatic carbocycles. The Morgan fingerprint density at radius 1 is 1.61 bits per heavy atom. The Balaban J connectivity index is 1.82. The lowest BCUT2D eigenvalue weighted by Gasteiger charge is -2.21. The van der Waals surface area contributed by atoms with E-state index in [9.17, 15) is 4.79 Å². The molecule has 1 N–H and O–H groups in total. The Kier molecular flexibility index (Phi) is 4.53. The summed E-state index contributed by atoms with van der Waals surface area (Å²) in [5.41, 5.74) is 0.900. The highest BCUT2D eigenvalue weighted by Gasteiger charge is 2.17. The normalized spacial score (nSPS) is 20.3. The molecule has 1 aromatic rings. The Bertz CT molecular complexity index is 391. The van der Waals surface area contributed by atoms with Crippen molar-refractivity contribution in [1.82, 2.24) is 15.1 Å². The van der Waals surface area contributed by atoms with Gasteiger partial charge in [-0.1, -0.05) is 0 Å². The lowest BCUT2D eigenvalue weighted by Crippen LogP contribution is -2.31. The summed E-state index contributed by atoms with van der Waals surface area (Å²) in [4.78, 5) is 12.0. The Morgan fingerprint density at radius 2 is 2.44 bits per heavy atom. The zero-order valence-corrected chi connectivity index (χ0v) is 11.4. The van der Waals surface area contributed by atoms with E-state index >= 15 is 0 Å². The lowest BCUT2D eigenvalue weighted by atomic mass is 9.93. The molecule has 1 fully saturated rings. The van der Waals surface area contributed by atoms with Crippen molar-refractivity contribution < 1.29 is 4.79 Å². The van der Waals surface area contributed by atoms with Crippen LogP contribution in [0.3, 0.4) is 0 Å². The van der Waals surface area contributed by atoms with Crippen molar-refractivity contribution in [2.45, 2.75) is 45.6 Å². The van der Waals surface area contributed by atoms with Crippen LogP contribution in [0, 0.1) is 5.92 Å². The quantitative estimate of drug-likeness (QED) is 0.868. The summed E-state index contributed by atoms with van der Waals surface area (Å²) in [6, 6.07) is 2.31. The van der Waals surface area contributed by atoms with Gasteiger partial charge in [-0.25, -0.2) is 0 Å². The van der Waals surface area contributed by atoms with E-state index in [1.54, 1.807) is 0 Å². The largest absolute Gasteiger partial charge is 0.316 e. The second-order valence-corrected chi connectivity index (χ2v) is 5.51. The zero-order valence-electron chi connectivity index (χ0n) is 11.4. The van der Waals surface area contributed by atoms with Crippen molar-refractivity contribution in [3.8, 4) is 0 Å². The monoisotopic (exact) mass is 249 g/mol. The van der Waals surface area contributed by atoms with Crippen LogP contribution in [0.4, 0.5) is 0 Å². The van der Waals surface area contributed by atoms with Gasteiger partial charge in [-0.15, -0.1) is 0 Å². The van der Waals surface area contributed by atoms with Crippen molar-refractivity contribution in [2.75, 3.05) is 13.1 Å². The maximum absolute atomic E-state index is 12.0. The molecule has 0 spiro atoms. The zero-order chi connectivity index (χ0) is 13.0. The van der Waals surface area contributed by atoms with Gasteiger partial charge in [0.1, 0.15) is 5.78 Å². The van der Waals surface area contributed by atoms with Gasteiger partial charge in [-0.05, 0) is 51.8 Å². The second-order valence-electron chi connectivity index (χ2n) is 5.51. The van der Waals surface area contributed by atoms with E-state index in [0.717, 1.165) is 18.8 Å². The summed E-state index contributed by atoms with van der Waals surface area (Å²) in [5.74, 6) is 0.844. The number of carbonyl (C=O) groups excluding carboxylic acids is 1. The van der Waals surface area contributed by atoms with Gasteiger partial charge in [0, 0.05) is 18.7 Å². The molecule has 2 rings (SSSR count). The third-order valence-corrected chi connectivity index (χ3v) is 3.49. The summed E-state index contributed by atoms with van der Waals surface area (Å²) in [6.45, 7) is 6.27. The molecule has 1 aliphatic heterocycles. The minimum absolute atomic E-state index is 0.317. The molecule has 1 atom stereocenters. The summed E-state index contributed by atoms with van der Waals surface area (Å²) < 4.78 is 1.91. The fraction of sp³-hybridized carbons (Fsp3) is 0.714. The molecule has 0 bridgehead atoms. The maximum atomic E-state index is 12.0. The average Bonchev–Trinajstić information content (AvgIpc) is 2.78. The first kappa shape index (κ1) is 13.3. The molecule has 4 heteroatoms. The predicted molar refractivity (Wildman–Crippen MR) is 71.5 cm³/mol. The maximum Gasteiger partial charge on any atom is 0.139 e. The standard InChI is InChI=1S/C14H23N3O/c1-11(2)17-7-5-13(16-17)9-14(18)8-12-4-3-6-15-10-12/h5,7,11-12,15H,3-4,6,8-10H2,1-2H3. The molecule has 0 aliphatic carbocycles. The summed E-state index contributed by atoms with van der Waals surface area (Å²) in [5, 5.41) is 7.77. The van der Waals surface area contributed by atoms with Gasteiger partial charge in [-0.3, -0.25) is 9.48 Å². The first-order valence-corrected chi connectivity index (χ1v) is 6.91. The molecule has 0 radical (unpaired) electrons. The molecular weight excluding hydrogens is 226 g/mol. The van der Waals surface area contributed by atoms with Crippen LogP contribution in [0.2, 0.25) is 0 Å². The van der Waals surface area contributed by atoms with Crippen LogP contribution in [0.5, 0.6) is 0 Å². The molecular formula is C14H23N3O. The molecule has 0 saturated carbocycles. The first-order chi connectivity index (χ1) is 8.65. The highest BCUT2D eigenvalue weighted by molar-refractivity contribution is 5.80. The van der Waals surface area contributed by atoms with Gasteiger partial charge in [0.2, 0.25) is 0 Å². The third-order valence-electron chi connectivity index (χ3n) is 3.49. The molecule has 1 aliphatic rings. The summed E-state index contributed by atoms with van der Waals surface area (Å²) in [6.07, 6.45) is 5.51. The van der Waals surface area contributed by atoms with Gasteiger partial charge >= 0.3 is 0 Å². The van der Waals surface area contributed by atoms with E-state index in [-0.39, 0.29) is 0 Å². The fourth-order valence-corrected chi connectivity index (χ4v) is 2.45. The number of nitrogens with zero attached hydrogens (tertiary/aromatic N) is 2. The highest BCUT2D eigenvalue weighted by atomic mass is 16.1. The molecule has 4 nitrogen and oxygen atoms in total. The van der Waals surface area contributed by atoms with Crippen LogP contribution in [0.15, 0.2) is 12.3 Å². The predicted octanol–water partition coefficient (Wildman–Crippen LogP) is 1.97. The van der Waals surface area contributed by atoms with E-state index in [1.807, 2.05) is 16.9 Å². The second kappa shape index (κ2) is 6.14. The van der Waals surface area contributed by atoms with Crippen LogP contribution in [-0.2, 0) is 11.2 Å². The number of ketones is 1. The number of rotatable bonds is 5. The van der Waals surface area contributed by atoms with Crippen molar-refractivity contribution in [1.29, 1.82) is 0 Å². The number of aromatic nitrogens is 2. The van der Waals surface area contributed by atoms with E-state index in [1.165, 1.54) is 12.8 Å². The van der Waals surface area contributed by atoms with Crippen LogP contribution in [0.25, 0.3) is 0 Å². The molecule has 18 heavy (non-hydrogen) atoms. The van der Waals surface area contributed by atoms with Crippen molar-refractivity contribution in [3.05, 3.63) is 18.0 Å². The van der Waals surface area contributed by atoms with Gasteiger partial charge in [0.25, 0.3) is 0 Å². The molecule has 1 unspecified atom stereocenters. The highest BCUT2D eigenvalue weighted by Crippen LogP contribution is 2.15. The van der Waals surface area contributed by atoms with Crippen molar-refractivity contribution in [2.24, 2.45) is 5.92 Å². The van der Waals surface area contributed by atoms with E-state index in [2.05, 4.69) is 24.3 Å². The number of hydrogen-bond acceptors (Lipinski definition) is 3. The SMILES string of the molecule is CC(C)n1ccc(CC(=O)CC2CCCNC2)n1. The van der Waals surface area contributed by atoms with Crippen molar-refractivity contribution >= 4 is 5.78 Å². The Hall–Kier alpha value is -1.16. The van der Waals surface area contributed by atoms with Gasteiger partial charge in [-0.2, -0.15) is 5.10 Å². The molecule has 100 valence electrons. The van der Waals surface area contributed by atoms with Gasteiger partial charge in [0.05, 0.1) is 12.1 Å². The smallest absolute Gasteiger partial charge is 0.139 e. The average molecular weight is 249 g/mol. The first-order valence-electron chi connectivity index (χ1n) is 6.91. The van der Waals surface area contributed by atoms with E-state index in [4.69, 9.17) is 0 Å². The summed E-state index contributed by atoms with van der Waals surface area (Å²) in [7, 11) is 0. The van der Waals surface area contributed by atoms with Crippen LogP contribution in [0.1, 0.15) is 44.8 Å².